The van der Waals surface area contributed by atoms with Gasteiger partial charge in [0.15, 0.2) is 0 Å². The number of aliphatic hydroxyl groups excluding tert-OH is 1. The summed E-state index contributed by atoms with van der Waals surface area (Å²) in [6, 6.07) is 5.25. The zero-order chi connectivity index (χ0) is 12.8. The van der Waals surface area contributed by atoms with Crippen LogP contribution in [-0.4, -0.2) is 23.7 Å². The highest BCUT2D eigenvalue weighted by Gasteiger charge is 2.06. The van der Waals surface area contributed by atoms with Gasteiger partial charge in [-0.1, -0.05) is 17.7 Å². The third-order valence-corrected chi connectivity index (χ3v) is 2.93. The lowest BCUT2D eigenvalue weighted by Crippen LogP contribution is -2.25. The van der Waals surface area contributed by atoms with E-state index in [-0.39, 0.29) is 12.0 Å². The number of halogens is 1. The third kappa shape index (κ3) is 4.75. The maximum atomic E-state index is 11.7. The van der Waals surface area contributed by atoms with E-state index in [1.54, 1.807) is 19.1 Å². The molecule has 0 saturated heterocycles. The summed E-state index contributed by atoms with van der Waals surface area (Å²) in [5.41, 5.74) is 1.52. The van der Waals surface area contributed by atoms with Crippen molar-refractivity contribution < 1.29 is 9.90 Å². The highest BCUT2D eigenvalue weighted by atomic mass is 35.5. The number of nitrogens with one attached hydrogen (secondary N) is 1. The molecule has 1 aromatic rings. The first-order valence-electron chi connectivity index (χ1n) is 5.73. The summed E-state index contributed by atoms with van der Waals surface area (Å²) < 4.78 is 0. The van der Waals surface area contributed by atoms with Gasteiger partial charge in [0.05, 0.1) is 6.10 Å². The first kappa shape index (κ1) is 14.0. The van der Waals surface area contributed by atoms with E-state index in [9.17, 15) is 4.79 Å². The maximum absolute atomic E-state index is 11.7. The van der Waals surface area contributed by atoms with Gasteiger partial charge in [-0.3, -0.25) is 4.79 Å². The Morgan fingerprint density at radius 3 is 2.82 bits per heavy atom. The van der Waals surface area contributed by atoms with E-state index in [0.29, 0.717) is 23.6 Å². The van der Waals surface area contributed by atoms with E-state index in [0.717, 1.165) is 12.0 Å². The minimum absolute atomic E-state index is 0.127. The fourth-order valence-electron chi connectivity index (χ4n) is 1.44. The van der Waals surface area contributed by atoms with Crippen LogP contribution in [0, 0.1) is 6.92 Å². The van der Waals surface area contributed by atoms with Gasteiger partial charge < -0.3 is 10.4 Å². The van der Waals surface area contributed by atoms with Crippen LogP contribution in [0.2, 0.25) is 5.02 Å². The predicted octanol–water partition coefficient (Wildman–Crippen LogP) is 2.54. The van der Waals surface area contributed by atoms with Crippen molar-refractivity contribution in [3.63, 3.8) is 0 Å². The molecule has 4 heteroatoms. The molecule has 1 atom stereocenters. The summed E-state index contributed by atoms with van der Waals surface area (Å²) >= 11 is 5.95. The number of hydrogen-bond acceptors (Lipinski definition) is 2. The second-order valence-electron chi connectivity index (χ2n) is 4.21. The standard InChI is InChI=1S/C13H18ClNO2/c1-9-5-6-11(8-12(9)14)13(17)15-7-3-4-10(2)16/h5-6,8,10,16H,3-4,7H2,1-2H3,(H,15,17). The van der Waals surface area contributed by atoms with E-state index in [1.807, 2.05) is 13.0 Å². The smallest absolute Gasteiger partial charge is 0.251 e. The number of carbonyl (C=O) groups is 1. The van der Waals surface area contributed by atoms with Crippen LogP contribution in [0.25, 0.3) is 0 Å². The van der Waals surface area contributed by atoms with Gasteiger partial charge in [0.1, 0.15) is 0 Å². The molecule has 0 heterocycles. The zero-order valence-electron chi connectivity index (χ0n) is 10.2. The van der Waals surface area contributed by atoms with Crippen molar-refractivity contribution in [2.24, 2.45) is 0 Å². The highest BCUT2D eigenvalue weighted by molar-refractivity contribution is 6.31. The number of amides is 1. The monoisotopic (exact) mass is 255 g/mol. The van der Waals surface area contributed by atoms with Crippen molar-refractivity contribution in [2.45, 2.75) is 32.8 Å². The largest absolute Gasteiger partial charge is 0.393 e. The molecular formula is C13H18ClNO2. The Labute approximate surface area is 107 Å². The second kappa shape index (κ2) is 6.62. The molecule has 94 valence electrons. The topological polar surface area (TPSA) is 49.3 Å². The molecule has 2 N–H and O–H groups in total. The molecule has 0 aliphatic carbocycles. The van der Waals surface area contributed by atoms with Gasteiger partial charge in [-0.15, -0.1) is 0 Å². The third-order valence-electron chi connectivity index (χ3n) is 2.52. The lowest BCUT2D eigenvalue weighted by Gasteiger charge is -2.07. The molecule has 0 aliphatic rings. The first-order valence-corrected chi connectivity index (χ1v) is 6.11. The molecule has 17 heavy (non-hydrogen) atoms. The van der Waals surface area contributed by atoms with Crippen LogP contribution in [0.15, 0.2) is 18.2 Å². The number of rotatable bonds is 5. The molecule has 0 fully saturated rings. The number of aliphatic hydroxyl groups is 1. The van der Waals surface area contributed by atoms with Gasteiger partial charge in [0.25, 0.3) is 5.91 Å². The predicted molar refractivity (Wildman–Crippen MR) is 69.4 cm³/mol. The van der Waals surface area contributed by atoms with Crippen LogP contribution < -0.4 is 5.32 Å². The Hall–Kier alpha value is -1.06. The van der Waals surface area contributed by atoms with Crippen LogP contribution in [0.5, 0.6) is 0 Å². The average molecular weight is 256 g/mol. The molecule has 1 rings (SSSR count). The van der Waals surface area contributed by atoms with E-state index < -0.39 is 0 Å². The second-order valence-corrected chi connectivity index (χ2v) is 4.62. The van der Waals surface area contributed by atoms with Gasteiger partial charge in [-0.25, -0.2) is 0 Å². The Morgan fingerprint density at radius 1 is 1.53 bits per heavy atom. The minimum Gasteiger partial charge on any atom is -0.393 e. The van der Waals surface area contributed by atoms with Crippen molar-refractivity contribution in [2.75, 3.05) is 6.54 Å². The maximum Gasteiger partial charge on any atom is 0.251 e. The van der Waals surface area contributed by atoms with Crippen LogP contribution in [-0.2, 0) is 0 Å². The van der Waals surface area contributed by atoms with Gasteiger partial charge in [-0.05, 0) is 44.4 Å². The minimum atomic E-state index is -0.319. The molecule has 1 aromatic carbocycles. The number of benzene rings is 1. The zero-order valence-corrected chi connectivity index (χ0v) is 10.9. The Kier molecular flexibility index (Phi) is 5.45. The van der Waals surface area contributed by atoms with Crippen LogP contribution in [0.3, 0.4) is 0 Å². The van der Waals surface area contributed by atoms with Crippen molar-refractivity contribution in [3.8, 4) is 0 Å². The Morgan fingerprint density at radius 2 is 2.24 bits per heavy atom. The normalized spacial score (nSPS) is 12.2. The fraction of sp³-hybridized carbons (Fsp3) is 0.462. The molecule has 0 aromatic heterocycles. The fourth-order valence-corrected chi connectivity index (χ4v) is 1.62. The van der Waals surface area contributed by atoms with Crippen LogP contribution in [0.4, 0.5) is 0 Å². The van der Waals surface area contributed by atoms with E-state index in [2.05, 4.69) is 5.32 Å². The summed E-state index contributed by atoms with van der Waals surface area (Å²) in [7, 11) is 0. The molecule has 1 unspecified atom stereocenters. The Balaban J connectivity index is 2.44. The van der Waals surface area contributed by atoms with E-state index >= 15 is 0 Å². The molecule has 0 saturated carbocycles. The van der Waals surface area contributed by atoms with Gasteiger partial charge in [0, 0.05) is 17.1 Å². The van der Waals surface area contributed by atoms with Gasteiger partial charge in [0.2, 0.25) is 0 Å². The Bertz CT molecular complexity index is 391. The lowest BCUT2D eigenvalue weighted by atomic mass is 10.1. The molecule has 1 amide bonds. The number of hydrogen-bond donors (Lipinski definition) is 2. The quantitative estimate of drug-likeness (QED) is 0.795. The average Bonchev–Trinajstić information content (AvgIpc) is 2.27. The van der Waals surface area contributed by atoms with Crippen LogP contribution in [0.1, 0.15) is 35.7 Å². The molecular weight excluding hydrogens is 238 g/mol. The van der Waals surface area contributed by atoms with Crippen LogP contribution >= 0.6 is 11.6 Å². The highest BCUT2D eigenvalue weighted by Crippen LogP contribution is 2.16. The molecule has 0 spiro atoms. The number of carbonyl (C=O) groups excluding carboxylic acids is 1. The molecule has 3 nitrogen and oxygen atoms in total. The first-order chi connectivity index (χ1) is 8.00. The van der Waals surface area contributed by atoms with E-state index in [1.165, 1.54) is 0 Å². The summed E-state index contributed by atoms with van der Waals surface area (Å²) in [6.45, 7) is 4.20. The SMILES string of the molecule is Cc1ccc(C(=O)NCCCC(C)O)cc1Cl. The van der Waals surface area contributed by atoms with E-state index in [4.69, 9.17) is 16.7 Å². The summed E-state index contributed by atoms with van der Waals surface area (Å²) in [6.07, 6.45) is 1.14. The summed E-state index contributed by atoms with van der Waals surface area (Å²) in [5, 5.41) is 12.5. The molecule has 0 aliphatic heterocycles. The molecule has 0 radical (unpaired) electrons. The van der Waals surface area contributed by atoms with Crippen molar-refractivity contribution in [3.05, 3.63) is 34.3 Å². The molecule has 0 bridgehead atoms. The summed E-state index contributed by atoms with van der Waals surface area (Å²) in [5.74, 6) is -0.127. The van der Waals surface area contributed by atoms with Crippen molar-refractivity contribution in [1.29, 1.82) is 0 Å². The van der Waals surface area contributed by atoms with Crippen molar-refractivity contribution in [1.82, 2.24) is 5.32 Å². The van der Waals surface area contributed by atoms with Gasteiger partial charge in [-0.2, -0.15) is 0 Å². The van der Waals surface area contributed by atoms with Crippen molar-refractivity contribution >= 4 is 17.5 Å². The van der Waals surface area contributed by atoms with Gasteiger partial charge >= 0.3 is 0 Å². The lowest BCUT2D eigenvalue weighted by molar-refractivity contribution is 0.0949. The summed E-state index contributed by atoms with van der Waals surface area (Å²) in [4.78, 5) is 11.7. The number of aryl methyl sites for hydroxylation is 1.